The van der Waals surface area contributed by atoms with E-state index in [9.17, 15) is 8.78 Å². The van der Waals surface area contributed by atoms with Crippen molar-refractivity contribution in [3.8, 4) is 0 Å². The fourth-order valence-electron chi connectivity index (χ4n) is 2.90. The van der Waals surface area contributed by atoms with E-state index in [4.69, 9.17) is 0 Å². The fourth-order valence-corrected chi connectivity index (χ4v) is 2.90. The SMILES string of the molecule is CC1CCCC(NCc2ccc(C(F)F)cc2)C1C. The first kappa shape index (κ1) is 14.4. The summed E-state index contributed by atoms with van der Waals surface area (Å²) in [5.41, 5.74) is 1.18. The van der Waals surface area contributed by atoms with Crippen molar-refractivity contribution in [2.24, 2.45) is 11.8 Å². The highest BCUT2D eigenvalue weighted by Gasteiger charge is 2.26. The molecule has 0 amide bonds. The average molecular weight is 267 g/mol. The molecule has 0 aromatic heterocycles. The van der Waals surface area contributed by atoms with E-state index in [0.717, 1.165) is 18.0 Å². The third-order valence-electron chi connectivity index (χ3n) is 4.51. The zero-order valence-corrected chi connectivity index (χ0v) is 11.7. The van der Waals surface area contributed by atoms with E-state index >= 15 is 0 Å². The number of alkyl halides is 2. The predicted octanol–water partition coefficient (Wildman–Crippen LogP) is 4.54. The number of halogens is 2. The Balaban J connectivity index is 1.88. The van der Waals surface area contributed by atoms with Crippen LogP contribution in [0.3, 0.4) is 0 Å². The normalized spacial score (nSPS) is 27.7. The minimum absolute atomic E-state index is 0.100. The van der Waals surface area contributed by atoms with Gasteiger partial charge in [0.15, 0.2) is 0 Å². The number of rotatable bonds is 4. The van der Waals surface area contributed by atoms with Gasteiger partial charge in [-0.05, 0) is 23.8 Å². The summed E-state index contributed by atoms with van der Waals surface area (Å²) in [6.45, 7) is 5.39. The van der Waals surface area contributed by atoms with Crippen LogP contribution in [0.4, 0.5) is 8.78 Å². The van der Waals surface area contributed by atoms with E-state index in [-0.39, 0.29) is 5.56 Å². The first-order valence-electron chi connectivity index (χ1n) is 7.18. The molecular formula is C16H23F2N. The summed E-state index contributed by atoms with van der Waals surface area (Å²) in [4.78, 5) is 0. The highest BCUT2D eigenvalue weighted by Crippen LogP contribution is 2.29. The Morgan fingerprint density at radius 3 is 2.47 bits per heavy atom. The Morgan fingerprint density at radius 2 is 1.84 bits per heavy atom. The number of nitrogens with one attached hydrogen (secondary N) is 1. The minimum atomic E-state index is -2.37. The van der Waals surface area contributed by atoms with E-state index in [1.54, 1.807) is 12.1 Å². The third-order valence-corrected chi connectivity index (χ3v) is 4.51. The van der Waals surface area contributed by atoms with Crippen LogP contribution in [0, 0.1) is 11.8 Å². The fraction of sp³-hybridized carbons (Fsp3) is 0.625. The van der Waals surface area contributed by atoms with Gasteiger partial charge in [-0.3, -0.25) is 0 Å². The zero-order chi connectivity index (χ0) is 13.8. The minimum Gasteiger partial charge on any atom is -0.310 e. The van der Waals surface area contributed by atoms with Crippen molar-refractivity contribution in [3.05, 3.63) is 35.4 Å². The topological polar surface area (TPSA) is 12.0 Å². The molecule has 19 heavy (non-hydrogen) atoms. The van der Waals surface area contributed by atoms with Gasteiger partial charge < -0.3 is 5.32 Å². The molecule has 0 radical (unpaired) electrons. The molecule has 1 N–H and O–H groups in total. The molecule has 0 saturated heterocycles. The van der Waals surface area contributed by atoms with Gasteiger partial charge in [0.1, 0.15) is 0 Å². The zero-order valence-electron chi connectivity index (χ0n) is 11.7. The summed E-state index contributed by atoms with van der Waals surface area (Å²) in [6, 6.07) is 7.19. The summed E-state index contributed by atoms with van der Waals surface area (Å²) < 4.78 is 24.9. The molecule has 3 heteroatoms. The molecule has 1 aliphatic rings. The lowest BCUT2D eigenvalue weighted by atomic mass is 9.78. The van der Waals surface area contributed by atoms with Gasteiger partial charge in [-0.15, -0.1) is 0 Å². The quantitative estimate of drug-likeness (QED) is 0.844. The molecule has 2 rings (SSSR count). The lowest BCUT2D eigenvalue weighted by Crippen LogP contribution is -2.40. The molecule has 106 valence electrons. The van der Waals surface area contributed by atoms with E-state index in [0.29, 0.717) is 12.0 Å². The second kappa shape index (κ2) is 6.47. The molecule has 3 unspecified atom stereocenters. The van der Waals surface area contributed by atoms with E-state index in [1.165, 1.54) is 31.4 Å². The predicted molar refractivity (Wildman–Crippen MR) is 74.2 cm³/mol. The monoisotopic (exact) mass is 267 g/mol. The Bertz CT molecular complexity index is 388. The van der Waals surface area contributed by atoms with E-state index in [2.05, 4.69) is 19.2 Å². The molecule has 0 aliphatic heterocycles. The van der Waals surface area contributed by atoms with Gasteiger partial charge in [0.25, 0.3) is 6.43 Å². The molecule has 1 nitrogen and oxygen atoms in total. The van der Waals surface area contributed by atoms with Gasteiger partial charge in [-0.25, -0.2) is 8.78 Å². The van der Waals surface area contributed by atoms with Crippen LogP contribution in [0.25, 0.3) is 0 Å². The molecular weight excluding hydrogens is 244 g/mol. The average Bonchev–Trinajstić information content (AvgIpc) is 2.41. The summed E-state index contributed by atoms with van der Waals surface area (Å²) in [7, 11) is 0. The van der Waals surface area contributed by atoms with Crippen LogP contribution in [0.15, 0.2) is 24.3 Å². The molecule has 0 bridgehead atoms. The van der Waals surface area contributed by atoms with Crippen molar-refractivity contribution in [3.63, 3.8) is 0 Å². The third kappa shape index (κ3) is 3.75. The van der Waals surface area contributed by atoms with Crippen LogP contribution in [-0.4, -0.2) is 6.04 Å². The maximum absolute atomic E-state index is 12.5. The van der Waals surface area contributed by atoms with Crippen molar-refractivity contribution >= 4 is 0 Å². The van der Waals surface area contributed by atoms with Crippen molar-refractivity contribution in [2.45, 2.75) is 52.1 Å². The lowest BCUT2D eigenvalue weighted by molar-refractivity contribution is 0.151. The van der Waals surface area contributed by atoms with Crippen LogP contribution in [-0.2, 0) is 6.54 Å². The molecule has 0 heterocycles. The molecule has 1 aromatic rings. The van der Waals surface area contributed by atoms with Crippen LogP contribution in [0.2, 0.25) is 0 Å². The van der Waals surface area contributed by atoms with Crippen molar-refractivity contribution in [1.82, 2.24) is 5.32 Å². The van der Waals surface area contributed by atoms with Crippen molar-refractivity contribution in [1.29, 1.82) is 0 Å². The number of hydrogen-bond donors (Lipinski definition) is 1. The van der Waals surface area contributed by atoms with Gasteiger partial charge in [0.05, 0.1) is 0 Å². The summed E-state index contributed by atoms with van der Waals surface area (Å²) in [6.07, 6.45) is 1.46. The van der Waals surface area contributed by atoms with Crippen LogP contribution >= 0.6 is 0 Å². The van der Waals surface area contributed by atoms with E-state index in [1.807, 2.05) is 0 Å². The van der Waals surface area contributed by atoms with Crippen molar-refractivity contribution in [2.75, 3.05) is 0 Å². The Labute approximate surface area is 114 Å². The summed E-state index contributed by atoms with van der Waals surface area (Å²) >= 11 is 0. The Morgan fingerprint density at radius 1 is 1.16 bits per heavy atom. The second-order valence-corrected chi connectivity index (χ2v) is 5.80. The van der Waals surface area contributed by atoms with Crippen molar-refractivity contribution < 1.29 is 8.78 Å². The largest absolute Gasteiger partial charge is 0.310 e. The lowest BCUT2D eigenvalue weighted by Gasteiger charge is -2.34. The maximum atomic E-state index is 12.5. The Kier molecular flexibility index (Phi) is 4.92. The van der Waals surface area contributed by atoms with Gasteiger partial charge in [0, 0.05) is 18.2 Å². The second-order valence-electron chi connectivity index (χ2n) is 5.80. The van der Waals surface area contributed by atoms with Crippen LogP contribution in [0.1, 0.15) is 50.7 Å². The Hall–Kier alpha value is -0.960. The van der Waals surface area contributed by atoms with E-state index < -0.39 is 6.43 Å². The smallest absolute Gasteiger partial charge is 0.263 e. The summed E-state index contributed by atoms with van der Waals surface area (Å²) in [5, 5.41) is 3.58. The highest BCUT2D eigenvalue weighted by atomic mass is 19.3. The first-order valence-corrected chi connectivity index (χ1v) is 7.18. The highest BCUT2D eigenvalue weighted by molar-refractivity contribution is 5.23. The molecule has 3 atom stereocenters. The molecule has 1 fully saturated rings. The van der Waals surface area contributed by atoms with Gasteiger partial charge in [-0.1, -0.05) is 51.0 Å². The molecule has 1 aliphatic carbocycles. The van der Waals surface area contributed by atoms with Crippen LogP contribution < -0.4 is 5.32 Å². The number of benzene rings is 1. The van der Waals surface area contributed by atoms with Gasteiger partial charge >= 0.3 is 0 Å². The summed E-state index contributed by atoms with van der Waals surface area (Å²) in [5.74, 6) is 1.46. The number of hydrogen-bond acceptors (Lipinski definition) is 1. The van der Waals surface area contributed by atoms with Crippen LogP contribution in [0.5, 0.6) is 0 Å². The molecule has 1 aromatic carbocycles. The maximum Gasteiger partial charge on any atom is 0.263 e. The standard InChI is InChI=1S/C16H23F2N/c1-11-4-3-5-15(12(11)2)19-10-13-6-8-14(9-7-13)16(17)18/h6-9,11-12,15-16,19H,3-5,10H2,1-2H3. The first-order chi connectivity index (χ1) is 9.08. The molecule has 1 saturated carbocycles. The molecule has 0 spiro atoms. The van der Waals surface area contributed by atoms with Gasteiger partial charge in [-0.2, -0.15) is 0 Å². The van der Waals surface area contributed by atoms with Gasteiger partial charge in [0.2, 0.25) is 0 Å².